The van der Waals surface area contributed by atoms with Crippen molar-refractivity contribution < 1.29 is 28.5 Å². The van der Waals surface area contributed by atoms with E-state index in [4.69, 9.17) is 23.7 Å². The summed E-state index contributed by atoms with van der Waals surface area (Å²) < 4.78 is 28.2. The van der Waals surface area contributed by atoms with Gasteiger partial charge in [-0.25, -0.2) is 4.79 Å². The first kappa shape index (κ1) is 21.7. The fraction of sp³-hybridized carbons (Fsp3) is 0.550. The van der Waals surface area contributed by atoms with Gasteiger partial charge in [0, 0.05) is 12.1 Å². The van der Waals surface area contributed by atoms with Crippen LogP contribution in [0.1, 0.15) is 47.1 Å². The van der Waals surface area contributed by atoms with Crippen molar-refractivity contribution in [2.24, 2.45) is 0 Å². The molecule has 146 valence electrons. The van der Waals surface area contributed by atoms with Crippen LogP contribution in [0.25, 0.3) is 6.08 Å². The molecule has 6 heteroatoms. The molecule has 0 bridgehead atoms. The summed E-state index contributed by atoms with van der Waals surface area (Å²) in [5.41, 5.74) is 0.612. The number of carbonyl (C=O) groups excluding carboxylic acids is 1. The molecule has 26 heavy (non-hydrogen) atoms. The van der Waals surface area contributed by atoms with Gasteiger partial charge in [0.1, 0.15) is 5.75 Å². The lowest BCUT2D eigenvalue weighted by Gasteiger charge is -2.20. The third-order valence-corrected chi connectivity index (χ3v) is 3.12. The fourth-order valence-electron chi connectivity index (χ4n) is 2.30. The molecular formula is C20H30O6. The van der Waals surface area contributed by atoms with Crippen molar-refractivity contribution in [1.29, 1.82) is 0 Å². The van der Waals surface area contributed by atoms with Crippen molar-refractivity contribution >= 4 is 12.0 Å². The van der Waals surface area contributed by atoms with Crippen LogP contribution in [0.15, 0.2) is 12.1 Å². The molecule has 0 aliphatic rings. The second-order valence-corrected chi connectivity index (χ2v) is 5.50. The standard InChI is InChI=1S/C20H30O6/c1-7-22-16-13-17(23-8-2)20(25-10-4)19(24-9-3)15(16)11-12-18(21)26-14(5)6/h11-14H,7-10H2,1-6H3. The molecule has 1 rings (SSSR count). The summed E-state index contributed by atoms with van der Waals surface area (Å²) in [5, 5.41) is 0. The summed E-state index contributed by atoms with van der Waals surface area (Å²) in [6, 6.07) is 1.76. The number of hydrogen-bond donors (Lipinski definition) is 0. The summed E-state index contributed by atoms with van der Waals surface area (Å²) >= 11 is 0. The van der Waals surface area contributed by atoms with Crippen LogP contribution in [0, 0.1) is 0 Å². The molecule has 0 N–H and O–H groups in total. The van der Waals surface area contributed by atoms with Gasteiger partial charge in [-0.05, 0) is 47.6 Å². The van der Waals surface area contributed by atoms with Crippen molar-refractivity contribution in [2.45, 2.75) is 47.6 Å². The monoisotopic (exact) mass is 366 g/mol. The number of carbonyl (C=O) groups is 1. The predicted octanol–water partition coefficient (Wildman–Crippen LogP) is 4.25. The Hall–Kier alpha value is -2.37. The molecule has 6 nitrogen and oxygen atoms in total. The zero-order valence-electron chi connectivity index (χ0n) is 16.6. The summed E-state index contributed by atoms with van der Waals surface area (Å²) in [5.74, 6) is 1.64. The number of benzene rings is 1. The van der Waals surface area contributed by atoms with Gasteiger partial charge in [-0.2, -0.15) is 0 Å². The molecule has 0 saturated heterocycles. The van der Waals surface area contributed by atoms with E-state index in [1.165, 1.54) is 6.08 Å². The van der Waals surface area contributed by atoms with E-state index in [2.05, 4.69) is 0 Å². The quantitative estimate of drug-likeness (QED) is 0.431. The SMILES string of the molecule is CCOc1cc(OCC)c(OCC)c(OCC)c1C=CC(=O)OC(C)C. The Morgan fingerprint density at radius 1 is 0.885 bits per heavy atom. The van der Waals surface area contributed by atoms with E-state index in [0.717, 1.165) is 0 Å². The third-order valence-electron chi connectivity index (χ3n) is 3.12. The molecule has 0 aromatic heterocycles. The predicted molar refractivity (Wildman–Crippen MR) is 101 cm³/mol. The van der Waals surface area contributed by atoms with Crippen LogP contribution >= 0.6 is 0 Å². The number of hydrogen-bond acceptors (Lipinski definition) is 6. The molecule has 1 aromatic rings. The molecular weight excluding hydrogens is 336 g/mol. The van der Waals surface area contributed by atoms with E-state index in [1.54, 1.807) is 26.0 Å². The van der Waals surface area contributed by atoms with E-state index < -0.39 is 5.97 Å². The van der Waals surface area contributed by atoms with Crippen molar-refractivity contribution in [1.82, 2.24) is 0 Å². The highest BCUT2D eigenvalue weighted by Gasteiger charge is 2.21. The lowest BCUT2D eigenvalue weighted by atomic mass is 10.1. The maximum atomic E-state index is 11.9. The van der Waals surface area contributed by atoms with Gasteiger partial charge in [-0.1, -0.05) is 0 Å². The molecule has 0 aliphatic carbocycles. The van der Waals surface area contributed by atoms with Gasteiger partial charge in [0.2, 0.25) is 5.75 Å². The largest absolute Gasteiger partial charge is 0.493 e. The zero-order valence-corrected chi connectivity index (χ0v) is 16.6. The molecule has 0 atom stereocenters. The molecule has 0 spiro atoms. The lowest BCUT2D eigenvalue weighted by Crippen LogP contribution is -2.09. The van der Waals surface area contributed by atoms with E-state index >= 15 is 0 Å². The number of esters is 1. The summed E-state index contributed by atoms with van der Waals surface area (Å²) in [7, 11) is 0. The molecule has 0 fully saturated rings. The minimum atomic E-state index is -0.434. The normalized spacial score (nSPS) is 10.9. The number of rotatable bonds is 11. The highest BCUT2D eigenvalue weighted by atomic mass is 16.5. The minimum Gasteiger partial charge on any atom is -0.493 e. The van der Waals surface area contributed by atoms with Crippen molar-refractivity contribution in [3.8, 4) is 23.0 Å². The molecule has 0 amide bonds. The van der Waals surface area contributed by atoms with Gasteiger partial charge in [-0.3, -0.25) is 0 Å². The third kappa shape index (κ3) is 6.17. The summed E-state index contributed by atoms with van der Waals surface area (Å²) in [6.07, 6.45) is 2.79. The van der Waals surface area contributed by atoms with Crippen molar-refractivity contribution in [2.75, 3.05) is 26.4 Å². The van der Waals surface area contributed by atoms with Gasteiger partial charge in [0.25, 0.3) is 0 Å². The van der Waals surface area contributed by atoms with Crippen LogP contribution in [0.4, 0.5) is 0 Å². The van der Waals surface area contributed by atoms with E-state index in [0.29, 0.717) is 55.0 Å². The van der Waals surface area contributed by atoms with Crippen LogP contribution < -0.4 is 18.9 Å². The topological polar surface area (TPSA) is 63.2 Å². The molecule has 0 unspecified atom stereocenters. The first-order chi connectivity index (χ1) is 12.5. The molecule has 0 radical (unpaired) electrons. The summed E-state index contributed by atoms with van der Waals surface area (Å²) in [6.45, 7) is 13.0. The van der Waals surface area contributed by atoms with Gasteiger partial charge >= 0.3 is 5.97 Å². The number of ether oxygens (including phenoxy) is 5. The van der Waals surface area contributed by atoms with E-state index in [1.807, 2.05) is 27.7 Å². The van der Waals surface area contributed by atoms with Crippen molar-refractivity contribution in [3.63, 3.8) is 0 Å². The van der Waals surface area contributed by atoms with E-state index in [-0.39, 0.29) is 6.10 Å². The highest BCUT2D eigenvalue weighted by Crippen LogP contribution is 2.46. The van der Waals surface area contributed by atoms with Gasteiger partial charge in [0.15, 0.2) is 11.5 Å². The first-order valence-corrected chi connectivity index (χ1v) is 9.09. The molecule has 1 aromatic carbocycles. The van der Waals surface area contributed by atoms with Gasteiger partial charge in [0.05, 0.1) is 38.1 Å². The van der Waals surface area contributed by atoms with Gasteiger partial charge < -0.3 is 23.7 Å². The second-order valence-electron chi connectivity index (χ2n) is 5.50. The van der Waals surface area contributed by atoms with E-state index in [9.17, 15) is 4.79 Å². The first-order valence-electron chi connectivity index (χ1n) is 9.09. The van der Waals surface area contributed by atoms with Crippen LogP contribution in [0.5, 0.6) is 23.0 Å². The smallest absolute Gasteiger partial charge is 0.331 e. The van der Waals surface area contributed by atoms with Gasteiger partial charge in [-0.15, -0.1) is 0 Å². The van der Waals surface area contributed by atoms with Crippen LogP contribution in [0.3, 0.4) is 0 Å². The average Bonchev–Trinajstić information content (AvgIpc) is 2.57. The van der Waals surface area contributed by atoms with Crippen LogP contribution in [-0.4, -0.2) is 38.5 Å². The maximum absolute atomic E-state index is 11.9. The fourth-order valence-corrected chi connectivity index (χ4v) is 2.30. The van der Waals surface area contributed by atoms with Crippen LogP contribution in [0.2, 0.25) is 0 Å². The molecule has 0 heterocycles. The zero-order chi connectivity index (χ0) is 19.5. The van der Waals surface area contributed by atoms with Crippen molar-refractivity contribution in [3.05, 3.63) is 17.7 Å². The molecule has 0 saturated carbocycles. The Balaban J connectivity index is 3.48. The Labute approximate surface area is 156 Å². The Morgan fingerprint density at radius 2 is 1.42 bits per heavy atom. The lowest BCUT2D eigenvalue weighted by molar-refractivity contribution is -0.141. The summed E-state index contributed by atoms with van der Waals surface area (Å²) in [4.78, 5) is 11.9. The Morgan fingerprint density at radius 3 is 1.96 bits per heavy atom. The highest BCUT2D eigenvalue weighted by molar-refractivity contribution is 5.89. The van der Waals surface area contributed by atoms with Crippen LogP contribution in [-0.2, 0) is 9.53 Å². The second kappa shape index (κ2) is 11.3. The Bertz CT molecular complexity index is 607. The Kier molecular flexibility index (Phi) is 9.41. The minimum absolute atomic E-state index is 0.191. The average molecular weight is 366 g/mol. The maximum Gasteiger partial charge on any atom is 0.331 e. The molecule has 0 aliphatic heterocycles.